The first-order valence-electron chi connectivity index (χ1n) is 5.00. The number of aliphatic hydroxyl groups excluding tert-OH is 1. The van der Waals surface area contributed by atoms with Crippen molar-refractivity contribution in [3.63, 3.8) is 0 Å². The van der Waals surface area contributed by atoms with Crippen LogP contribution in [0.5, 0.6) is 0 Å². The highest BCUT2D eigenvalue weighted by Crippen LogP contribution is 2.38. The van der Waals surface area contributed by atoms with E-state index in [0.29, 0.717) is 31.8 Å². The summed E-state index contributed by atoms with van der Waals surface area (Å²) in [6.45, 7) is -0.283. The van der Waals surface area contributed by atoms with E-state index in [2.05, 4.69) is 4.98 Å². The van der Waals surface area contributed by atoms with Crippen LogP contribution in [-0.2, 0) is 6.61 Å². The van der Waals surface area contributed by atoms with Crippen molar-refractivity contribution in [2.45, 2.75) is 6.61 Å². The summed E-state index contributed by atoms with van der Waals surface area (Å²) in [5.41, 5.74) is 1.25. The Hall–Kier alpha value is -1.00. The normalized spacial score (nSPS) is 10.7. The molecule has 0 fully saturated rings. The van der Waals surface area contributed by atoms with Crippen molar-refractivity contribution >= 4 is 34.8 Å². The van der Waals surface area contributed by atoms with Crippen molar-refractivity contribution in [3.8, 4) is 11.1 Å². The van der Waals surface area contributed by atoms with Gasteiger partial charge in [0.2, 0.25) is 5.56 Å². The van der Waals surface area contributed by atoms with E-state index in [-0.39, 0.29) is 12.2 Å². The number of aromatic amines is 1. The van der Waals surface area contributed by atoms with Gasteiger partial charge >= 0.3 is 0 Å². The van der Waals surface area contributed by atoms with Crippen molar-refractivity contribution in [1.82, 2.24) is 4.98 Å². The van der Waals surface area contributed by atoms with Gasteiger partial charge in [-0.3, -0.25) is 4.79 Å². The average molecular weight is 305 g/mol. The summed E-state index contributed by atoms with van der Waals surface area (Å²) < 4.78 is 0. The second-order valence-corrected chi connectivity index (χ2v) is 4.89. The van der Waals surface area contributed by atoms with Crippen molar-refractivity contribution < 1.29 is 5.11 Å². The van der Waals surface area contributed by atoms with Gasteiger partial charge in [-0.25, -0.2) is 0 Å². The monoisotopic (exact) mass is 303 g/mol. The van der Waals surface area contributed by atoms with Gasteiger partial charge in [0.05, 0.1) is 16.7 Å². The van der Waals surface area contributed by atoms with Gasteiger partial charge in [0.25, 0.3) is 0 Å². The van der Waals surface area contributed by atoms with Crippen molar-refractivity contribution in [2.24, 2.45) is 0 Å². The predicted molar refractivity (Wildman–Crippen MR) is 73.5 cm³/mol. The van der Waals surface area contributed by atoms with Crippen LogP contribution in [0.1, 0.15) is 5.56 Å². The van der Waals surface area contributed by atoms with Gasteiger partial charge in [-0.05, 0) is 17.7 Å². The van der Waals surface area contributed by atoms with E-state index in [1.807, 2.05) is 0 Å². The predicted octanol–water partition coefficient (Wildman–Crippen LogP) is 3.49. The Morgan fingerprint density at radius 1 is 1.11 bits per heavy atom. The van der Waals surface area contributed by atoms with Crippen molar-refractivity contribution in [2.75, 3.05) is 0 Å². The Bertz CT molecular complexity index is 629. The minimum Gasteiger partial charge on any atom is -0.392 e. The van der Waals surface area contributed by atoms with E-state index in [1.165, 1.54) is 12.3 Å². The zero-order valence-corrected chi connectivity index (χ0v) is 11.3. The second-order valence-electron chi connectivity index (χ2n) is 3.64. The number of aliphatic hydroxyl groups is 1. The molecule has 1 heterocycles. The maximum atomic E-state index is 11.2. The topological polar surface area (TPSA) is 53.1 Å². The highest BCUT2D eigenvalue weighted by molar-refractivity contribution is 6.41. The maximum Gasteiger partial charge on any atom is 0.248 e. The third kappa shape index (κ3) is 2.54. The lowest BCUT2D eigenvalue weighted by molar-refractivity contribution is 0.282. The molecule has 18 heavy (non-hydrogen) atoms. The van der Waals surface area contributed by atoms with Crippen LogP contribution in [0.3, 0.4) is 0 Å². The van der Waals surface area contributed by atoms with E-state index < -0.39 is 0 Å². The molecule has 2 N–H and O–H groups in total. The van der Waals surface area contributed by atoms with Crippen LogP contribution >= 0.6 is 34.8 Å². The molecule has 0 spiro atoms. The summed E-state index contributed by atoms with van der Waals surface area (Å²) in [6.07, 6.45) is 1.47. The molecular formula is C12H8Cl3NO2. The summed E-state index contributed by atoms with van der Waals surface area (Å²) in [7, 11) is 0. The van der Waals surface area contributed by atoms with Gasteiger partial charge in [-0.2, -0.15) is 0 Å². The molecule has 1 aromatic heterocycles. The number of hydrogen-bond acceptors (Lipinski definition) is 2. The number of H-pyrrole nitrogens is 1. The summed E-state index contributed by atoms with van der Waals surface area (Å²) in [5.74, 6) is 0. The van der Waals surface area contributed by atoms with Crippen molar-refractivity contribution in [3.05, 3.63) is 55.4 Å². The first-order valence-corrected chi connectivity index (χ1v) is 6.13. The number of nitrogens with one attached hydrogen (secondary N) is 1. The van der Waals surface area contributed by atoms with Crippen LogP contribution in [0, 0.1) is 0 Å². The summed E-state index contributed by atoms with van der Waals surface area (Å²) in [4.78, 5) is 13.7. The Morgan fingerprint density at radius 2 is 1.72 bits per heavy atom. The number of pyridine rings is 1. The molecule has 2 aromatic rings. The quantitative estimate of drug-likeness (QED) is 0.892. The SMILES string of the molecule is O=c1cc(CO)c(-c2c(Cl)cc(Cl)cc2Cl)c[nH]1. The van der Waals surface area contributed by atoms with E-state index in [4.69, 9.17) is 34.8 Å². The molecule has 2 rings (SSSR count). The van der Waals surface area contributed by atoms with Gasteiger partial charge in [-0.15, -0.1) is 0 Å². The lowest BCUT2D eigenvalue weighted by Crippen LogP contribution is -2.06. The zero-order chi connectivity index (χ0) is 13.3. The third-order valence-corrected chi connectivity index (χ3v) is 3.27. The minimum atomic E-state index is -0.302. The fourth-order valence-corrected chi connectivity index (χ4v) is 2.70. The van der Waals surface area contributed by atoms with Crippen LogP contribution in [0.4, 0.5) is 0 Å². The van der Waals surface area contributed by atoms with Crippen molar-refractivity contribution in [1.29, 1.82) is 0 Å². The number of hydrogen-bond donors (Lipinski definition) is 2. The summed E-state index contributed by atoms with van der Waals surface area (Å²) in [6, 6.07) is 4.41. The fraction of sp³-hybridized carbons (Fsp3) is 0.0833. The molecule has 0 amide bonds. The minimum absolute atomic E-state index is 0.283. The molecule has 0 radical (unpaired) electrons. The molecule has 0 saturated heterocycles. The molecule has 0 aliphatic carbocycles. The Balaban J connectivity index is 2.73. The maximum absolute atomic E-state index is 11.2. The lowest BCUT2D eigenvalue weighted by atomic mass is 10.0. The zero-order valence-electron chi connectivity index (χ0n) is 9.01. The average Bonchev–Trinajstić information content (AvgIpc) is 2.29. The third-order valence-electron chi connectivity index (χ3n) is 2.46. The molecule has 6 heteroatoms. The van der Waals surface area contributed by atoms with Gasteiger partial charge in [0.1, 0.15) is 0 Å². The Labute approximate surface area is 118 Å². The fourth-order valence-electron chi connectivity index (χ4n) is 1.68. The molecule has 94 valence electrons. The van der Waals surface area contributed by atoms with E-state index in [0.717, 1.165) is 0 Å². The van der Waals surface area contributed by atoms with Crippen LogP contribution in [0.15, 0.2) is 29.2 Å². The number of halogens is 3. The first kappa shape index (κ1) is 13.4. The highest BCUT2D eigenvalue weighted by Gasteiger charge is 2.14. The number of aromatic nitrogens is 1. The van der Waals surface area contributed by atoms with E-state index >= 15 is 0 Å². The second kappa shape index (κ2) is 5.33. The van der Waals surface area contributed by atoms with Crippen LogP contribution in [0.25, 0.3) is 11.1 Å². The standard InChI is InChI=1S/C12H8Cl3NO2/c13-7-2-9(14)12(10(15)3-7)8-4-16-11(18)1-6(8)5-17/h1-4,17H,5H2,(H,16,18). The largest absolute Gasteiger partial charge is 0.392 e. The Morgan fingerprint density at radius 3 is 2.28 bits per heavy atom. The molecule has 1 aromatic carbocycles. The summed E-state index contributed by atoms with van der Waals surface area (Å²) >= 11 is 18.0. The number of rotatable bonds is 2. The molecule has 0 saturated carbocycles. The lowest BCUT2D eigenvalue weighted by Gasteiger charge is -2.11. The molecular weight excluding hydrogens is 296 g/mol. The van der Waals surface area contributed by atoms with Crippen LogP contribution < -0.4 is 5.56 Å². The number of benzene rings is 1. The van der Waals surface area contributed by atoms with Gasteiger partial charge in [-0.1, -0.05) is 34.8 Å². The van der Waals surface area contributed by atoms with E-state index in [1.54, 1.807) is 12.1 Å². The smallest absolute Gasteiger partial charge is 0.248 e. The molecule has 0 bridgehead atoms. The van der Waals surface area contributed by atoms with Gasteiger partial charge in [0, 0.05) is 28.4 Å². The molecule has 0 aliphatic heterocycles. The van der Waals surface area contributed by atoms with E-state index in [9.17, 15) is 9.90 Å². The molecule has 0 atom stereocenters. The summed E-state index contributed by atoms with van der Waals surface area (Å²) in [5, 5.41) is 10.4. The van der Waals surface area contributed by atoms with Gasteiger partial charge in [0.15, 0.2) is 0 Å². The van der Waals surface area contributed by atoms with Gasteiger partial charge < -0.3 is 10.1 Å². The molecule has 3 nitrogen and oxygen atoms in total. The highest BCUT2D eigenvalue weighted by atomic mass is 35.5. The van der Waals surface area contributed by atoms with Crippen LogP contribution in [-0.4, -0.2) is 10.1 Å². The van der Waals surface area contributed by atoms with Crippen LogP contribution in [0.2, 0.25) is 15.1 Å². The Kier molecular flexibility index (Phi) is 3.97. The first-order chi connectivity index (χ1) is 8.52. The molecule has 0 unspecified atom stereocenters. The molecule has 0 aliphatic rings.